The van der Waals surface area contributed by atoms with Crippen LogP contribution in [0.4, 0.5) is 5.69 Å². The standard InChI is InChI=1S/C22H21NO4/c24-22(25)15-3-1-2-14-18-11-4-5-12(8-11)19(18)20(23-21(14)15)13-6-7-16-17(9-13)27-10-26-16/h1-3,6-7,9,11-12,18-20,23H,4-5,8,10H2,(H,24,25)/t11-,12+,18-,19-,20-/m0/s1. The van der Waals surface area contributed by atoms with Crippen molar-refractivity contribution in [1.82, 2.24) is 0 Å². The lowest BCUT2D eigenvalue weighted by Gasteiger charge is -2.44. The Hall–Kier alpha value is -2.69. The second kappa shape index (κ2) is 5.41. The van der Waals surface area contributed by atoms with E-state index in [0.717, 1.165) is 22.7 Å². The summed E-state index contributed by atoms with van der Waals surface area (Å²) in [5, 5.41) is 13.4. The summed E-state index contributed by atoms with van der Waals surface area (Å²) in [6.45, 7) is 0.264. The summed E-state index contributed by atoms with van der Waals surface area (Å²) < 4.78 is 11.1. The molecular weight excluding hydrogens is 342 g/mol. The molecule has 6 rings (SSSR count). The Morgan fingerprint density at radius 1 is 1.07 bits per heavy atom. The van der Waals surface area contributed by atoms with E-state index >= 15 is 0 Å². The van der Waals surface area contributed by atoms with Gasteiger partial charge in [-0.25, -0.2) is 4.79 Å². The van der Waals surface area contributed by atoms with Crippen LogP contribution in [0.5, 0.6) is 11.5 Å². The molecule has 0 radical (unpaired) electrons. The molecule has 2 aliphatic carbocycles. The maximum atomic E-state index is 11.8. The van der Waals surface area contributed by atoms with Gasteiger partial charge in [-0.2, -0.15) is 0 Å². The van der Waals surface area contributed by atoms with Gasteiger partial charge in [-0.05, 0) is 72.3 Å². The first-order valence-corrected chi connectivity index (χ1v) is 9.73. The van der Waals surface area contributed by atoms with Gasteiger partial charge in [0.2, 0.25) is 6.79 Å². The third-order valence-corrected chi connectivity index (χ3v) is 7.11. The summed E-state index contributed by atoms with van der Waals surface area (Å²) in [6, 6.07) is 12.0. The Morgan fingerprint density at radius 3 is 2.81 bits per heavy atom. The number of benzene rings is 2. The van der Waals surface area contributed by atoms with E-state index in [1.807, 2.05) is 12.1 Å². The number of ether oxygens (including phenoxy) is 2. The minimum absolute atomic E-state index is 0.104. The van der Waals surface area contributed by atoms with Gasteiger partial charge >= 0.3 is 5.97 Å². The lowest BCUT2D eigenvalue weighted by atomic mass is 9.67. The Balaban J connectivity index is 1.51. The number of carboxylic acids is 1. The molecule has 2 N–H and O–H groups in total. The number of rotatable bonds is 2. The molecule has 2 heterocycles. The first-order valence-electron chi connectivity index (χ1n) is 9.73. The number of carbonyl (C=O) groups is 1. The van der Waals surface area contributed by atoms with E-state index in [4.69, 9.17) is 9.47 Å². The molecule has 5 heteroatoms. The molecule has 5 nitrogen and oxygen atoms in total. The van der Waals surface area contributed by atoms with Crippen LogP contribution < -0.4 is 14.8 Å². The van der Waals surface area contributed by atoms with E-state index in [9.17, 15) is 9.90 Å². The normalized spacial score (nSPS) is 31.9. The summed E-state index contributed by atoms with van der Waals surface area (Å²) in [4.78, 5) is 11.8. The number of anilines is 1. The van der Waals surface area contributed by atoms with Gasteiger partial charge in [0.15, 0.2) is 11.5 Å². The molecule has 2 saturated carbocycles. The second-order valence-corrected chi connectivity index (χ2v) is 8.25. The van der Waals surface area contributed by atoms with Gasteiger partial charge in [0.25, 0.3) is 0 Å². The largest absolute Gasteiger partial charge is 0.478 e. The number of fused-ring (bicyclic) bond motifs is 8. The molecule has 27 heavy (non-hydrogen) atoms. The maximum absolute atomic E-state index is 11.8. The van der Waals surface area contributed by atoms with Crippen molar-refractivity contribution >= 4 is 11.7 Å². The third-order valence-electron chi connectivity index (χ3n) is 7.11. The van der Waals surface area contributed by atoms with Crippen LogP contribution in [0.2, 0.25) is 0 Å². The Bertz CT molecular complexity index is 955. The number of hydrogen-bond donors (Lipinski definition) is 2. The SMILES string of the molecule is O=C(O)c1cccc2c1N[C@@H](c1ccc3c(c1)OCO3)[C@H]1[C@@H]3CC[C@@H](C3)[C@@H]21. The number of carboxylic acid groups (broad SMARTS) is 1. The molecule has 0 aromatic heterocycles. The summed E-state index contributed by atoms with van der Waals surface area (Å²) in [6.07, 6.45) is 3.80. The van der Waals surface area contributed by atoms with Gasteiger partial charge in [-0.1, -0.05) is 18.2 Å². The van der Waals surface area contributed by atoms with Crippen LogP contribution >= 0.6 is 0 Å². The van der Waals surface area contributed by atoms with Crippen molar-refractivity contribution in [3.8, 4) is 11.5 Å². The molecule has 2 fully saturated rings. The van der Waals surface area contributed by atoms with E-state index in [1.54, 1.807) is 6.07 Å². The zero-order chi connectivity index (χ0) is 18.1. The summed E-state index contributed by atoms with van der Waals surface area (Å²) in [5.74, 6) is 3.00. The number of nitrogens with one attached hydrogen (secondary N) is 1. The summed E-state index contributed by atoms with van der Waals surface area (Å²) >= 11 is 0. The van der Waals surface area contributed by atoms with Crippen LogP contribution in [0, 0.1) is 17.8 Å². The number of para-hydroxylation sites is 1. The van der Waals surface area contributed by atoms with Crippen LogP contribution in [0.1, 0.15) is 52.7 Å². The lowest BCUT2D eigenvalue weighted by molar-refractivity contribution is 0.0697. The fourth-order valence-electron chi connectivity index (χ4n) is 6.13. The van der Waals surface area contributed by atoms with Crippen molar-refractivity contribution in [3.63, 3.8) is 0 Å². The molecule has 2 aromatic carbocycles. The summed E-state index contributed by atoms with van der Waals surface area (Å²) in [7, 11) is 0. The quantitative estimate of drug-likeness (QED) is 0.827. The van der Waals surface area contributed by atoms with E-state index < -0.39 is 5.97 Å². The number of aromatic carboxylic acids is 1. The van der Waals surface area contributed by atoms with E-state index in [1.165, 1.54) is 24.8 Å². The fraction of sp³-hybridized carbons (Fsp3) is 0.409. The first kappa shape index (κ1) is 15.4. The van der Waals surface area contributed by atoms with Gasteiger partial charge < -0.3 is 19.9 Å². The molecule has 0 unspecified atom stereocenters. The van der Waals surface area contributed by atoms with Crippen LogP contribution in [-0.4, -0.2) is 17.9 Å². The molecule has 0 saturated heterocycles. The highest BCUT2D eigenvalue weighted by molar-refractivity contribution is 5.95. The zero-order valence-corrected chi connectivity index (χ0v) is 14.9. The first-order chi connectivity index (χ1) is 13.2. The van der Waals surface area contributed by atoms with Gasteiger partial charge in [0.05, 0.1) is 17.3 Å². The van der Waals surface area contributed by atoms with Crippen molar-refractivity contribution < 1.29 is 19.4 Å². The van der Waals surface area contributed by atoms with E-state index in [0.29, 0.717) is 29.2 Å². The highest BCUT2D eigenvalue weighted by Crippen LogP contribution is 2.64. The summed E-state index contributed by atoms with van der Waals surface area (Å²) in [5.41, 5.74) is 3.54. The van der Waals surface area contributed by atoms with Gasteiger partial charge in [0, 0.05) is 0 Å². The van der Waals surface area contributed by atoms with Crippen molar-refractivity contribution in [1.29, 1.82) is 0 Å². The van der Waals surface area contributed by atoms with Gasteiger partial charge in [0.1, 0.15) is 0 Å². The van der Waals surface area contributed by atoms with Crippen LogP contribution in [0.3, 0.4) is 0 Å². The van der Waals surface area contributed by atoms with E-state index in [2.05, 4.69) is 23.5 Å². The highest BCUT2D eigenvalue weighted by Gasteiger charge is 2.54. The van der Waals surface area contributed by atoms with Gasteiger partial charge in [-0.15, -0.1) is 0 Å². The van der Waals surface area contributed by atoms with E-state index in [-0.39, 0.29) is 12.8 Å². The van der Waals surface area contributed by atoms with Crippen molar-refractivity contribution in [2.75, 3.05) is 12.1 Å². The Labute approximate surface area is 157 Å². The molecule has 2 aromatic rings. The average molecular weight is 363 g/mol. The molecule has 0 amide bonds. The third kappa shape index (κ3) is 2.08. The maximum Gasteiger partial charge on any atom is 0.337 e. The average Bonchev–Trinajstić information content (AvgIpc) is 3.42. The molecule has 0 spiro atoms. The predicted octanol–water partition coefficient (Wildman–Crippen LogP) is 4.41. The molecule has 2 aliphatic heterocycles. The Morgan fingerprint density at radius 2 is 1.93 bits per heavy atom. The molecule has 4 aliphatic rings. The van der Waals surface area contributed by atoms with Crippen LogP contribution in [-0.2, 0) is 0 Å². The predicted molar refractivity (Wildman–Crippen MR) is 99.4 cm³/mol. The minimum Gasteiger partial charge on any atom is -0.478 e. The monoisotopic (exact) mass is 363 g/mol. The van der Waals surface area contributed by atoms with Crippen molar-refractivity contribution in [2.45, 2.75) is 31.2 Å². The topological polar surface area (TPSA) is 67.8 Å². The molecular formula is C22H21NO4. The highest BCUT2D eigenvalue weighted by atomic mass is 16.7. The fourth-order valence-corrected chi connectivity index (χ4v) is 6.13. The van der Waals surface area contributed by atoms with Crippen molar-refractivity contribution in [3.05, 3.63) is 53.1 Å². The molecule has 5 atom stereocenters. The van der Waals surface area contributed by atoms with Crippen molar-refractivity contribution in [2.24, 2.45) is 17.8 Å². The second-order valence-electron chi connectivity index (χ2n) is 8.25. The number of hydrogen-bond acceptors (Lipinski definition) is 4. The van der Waals surface area contributed by atoms with Crippen LogP contribution in [0.25, 0.3) is 0 Å². The Kier molecular flexibility index (Phi) is 3.08. The lowest BCUT2D eigenvalue weighted by Crippen LogP contribution is -2.36. The zero-order valence-electron chi connectivity index (χ0n) is 14.9. The smallest absolute Gasteiger partial charge is 0.337 e. The van der Waals surface area contributed by atoms with Gasteiger partial charge in [-0.3, -0.25) is 0 Å². The molecule has 2 bridgehead atoms. The minimum atomic E-state index is -0.870. The van der Waals surface area contributed by atoms with Crippen LogP contribution in [0.15, 0.2) is 36.4 Å². The molecule has 138 valence electrons.